The molecule has 0 fully saturated rings. The minimum absolute atomic E-state index is 0.00139. The number of nitrogens with two attached hydrogens (primary N) is 1. The number of primary amides is 1. The second-order valence-electron chi connectivity index (χ2n) is 7.20. The van der Waals surface area contributed by atoms with Crippen LogP contribution in [0.3, 0.4) is 0 Å². The predicted octanol–water partition coefficient (Wildman–Crippen LogP) is 2.26. The summed E-state index contributed by atoms with van der Waals surface area (Å²) in [5, 5.41) is 3.30. The monoisotopic (exact) mass is 461 g/mol. The Kier molecular flexibility index (Phi) is 6.94. The van der Waals surface area contributed by atoms with Crippen molar-refractivity contribution in [3.8, 4) is 5.75 Å². The molecule has 0 saturated heterocycles. The molecular weight excluding hydrogens is 441 g/mol. The van der Waals surface area contributed by atoms with E-state index in [-0.39, 0.29) is 30.0 Å². The summed E-state index contributed by atoms with van der Waals surface area (Å²) in [6.07, 6.45) is -0.215. The first-order valence-corrected chi connectivity index (χ1v) is 9.99. The van der Waals surface area contributed by atoms with Crippen LogP contribution in [0.2, 0.25) is 5.02 Å². The summed E-state index contributed by atoms with van der Waals surface area (Å²) in [5.41, 5.74) is 4.29. The fourth-order valence-electron chi connectivity index (χ4n) is 2.89. The van der Waals surface area contributed by atoms with Crippen LogP contribution in [0.25, 0.3) is 0 Å². The molecule has 1 amide bonds. The minimum atomic E-state index is -0.969. The van der Waals surface area contributed by atoms with E-state index in [0.29, 0.717) is 15.2 Å². The van der Waals surface area contributed by atoms with Crippen molar-refractivity contribution in [2.24, 2.45) is 5.73 Å². The highest BCUT2D eigenvalue weighted by atomic mass is 35.5. The molecule has 0 radical (unpaired) electrons. The number of nitrogens with one attached hydrogen (secondary N) is 1. The SMILES string of the molecule is CC(C)Oc1ccc(Nc2nc(=O)n(CC(N)=O)c(=O)n2Cc2ccc(Cl)cc2)cc1F. The Balaban J connectivity index is 2.04. The average Bonchev–Trinajstić information content (AvgIpc) is 2.71. The predicted molar refractivity (Wildman–Crippen MR) is 118 cm³/mol. The maximum Gasteiger partial charge on any atom is 0.355 e. The summed E-state index contributed by atoms with van der Waals surface area (Å²) < 4.78 is 21.5. The third-order valence-electron chi connectivity index (χ3n) is 4.27. The number of carbonyl (C=O) groups excluding carboxylic acids is 1. The van der Waals surface area contributed by atoms with Crippen molar-refractivity contribution in [3.63, 3.8) is 0 Å². The number of benzene rings is 2. The van der Waals surface area contributed by atoms with Crippen LogP contribution in [0, 0.1) is 5.82 Å². The fraction of sp³-hybridized carbons (Fsp3) is 0.238. The number of anilines is 2. The molecular formula is C21H21ClFN5O4. The first kappa shape index (κ1) is 23.0. The van der Waals surface area contributed by atoms with Gasteiger partial charge in [0.1, 0.15) is 6.54 Å². The highest BCUT2D eigenvalue weighted by molar-refractivity contribution is 6.30. The van der Waals surface area contributed by atoms with Crippen molar-refractivity contribution in [2.45, 2.75) is 33.0 Å². The second-order valence-corrected chi connectivity index (χ2v) is 7.64. The molecule has 0 aliphatic heterocycles. The number of halogens is 2. The van der Waals surface area contributed by atoms with E-state index in [9.17, 15) is 18.8 Å². The van der Waals surface area contributed by atoms with Crippen LogP contribution < -0.4 is 27.2 Å². The van der Waals surface area contributed by atoms with Gasteiger partial charge in [-0.1, -0.05) is 23.7 Å². The zero-order chi connectivity index (χ0) is 23.4. The van der Waals surface area contributed by atoms with Crippen LogP contribution in [0.4, 0.5) is 16.0 Å². The van der Waals surface area contributed by atoms with E-state index in [0.717, 1.165) is 10.6 Å². The molecule has 3 aromatic rings. The molecule has 32 heavy (non-hydrogen) atoms. The Labute approximate surface area is 187 Å². The van der Waals surface area contributed by atoms with Gasteiger partial charge in [-0.2, -0.15) is 4.98 Å². The van der Waals surface area contributed by atoms with Crippen LogP contribution in [0.15, 0.2) is 52.1 Å². The van der Waals surface area contributed by atoms with Crippen molar-refractivity contribution in [1.82, 2.24) is 14.1 Å². The molecule has 0 unspecified atom stereocenters. The lowest BCUT2D eigenvalue weighted by molar-refractivity contribution is -0.118. The standard InChI is InChI=1S/C21H21ClFN5O4/c1-12(2)32-17-8-7-15(9-16(17)23)25-19-26-20(30)28(11-18(24)29)21(31)27(19)10-13-3-5-14(22)6-4-13/h3-9,12H,10-11H2,1-2H3,(H2,24,29)(H,25,26,30). The molecule has 3 N–H and O–H groups in total. The quantitative estimate of drug-likeness (QED) is 0.530. The molecule has 0 atom stereocenters. The van der Waals surface area contributed by atoms with Crippen molar-refractivity contribution in [3.05, 3.63) is 79.8 Å². The van der Waals surface area contributed by atoms with Gasteiger partial charge < -0.3 is 15.8 Å². The number of aromatic nitrogens is 3. The van der Waals surface area contributed by atoms with Crippen molar-refractivity contribution in [1.29, 1.82) is 0 Å². The Bertz CT molecular complexity index is 1250. The van der Waals surface area contributed by atoms with E-state index < -0.39 is 29.6 Å². The normalized spacial score (nSPS) is 10.9. The van der Waals surface area contributed by atoms with Gasteiger partial charge >= 0.3 is 11.4 Å². The molecule has 0 bridgehead atoms. The summed E-state index contributed by atoms with van der Waals surface area (Å²) in [6.45, 7) is 2.92. The first-order valence-electron chi connectivity index (χ1n) is 9.61. The van der Waals surface area contributed by atoms with Crippen molar-refractivity contribution >= 4 is 29.1 Å². The largest absolute Gasteiger partial charge is 0.488 e. The lowest BCUT2D eigenvalue weighted by Crippen LogP contribution is -2.45. The number of hydrogen-bond acceptors (Lipinski definition) is 6. The number of ether oxygens (including phenoxy) is 1. The Morgan fingerprint density at radius 1 is 1.19 bits per heavy atom. The van der Waals surface area contributed by atoms with Gasteiger partial charge in [-0.05, 0) is 43.7 Å². The molecule has 1 aromatic heterocycles. The van der Waals surface area contributed by atoms with Gasteiger partial charge in [0.2, 0.25) is 11.9 Å². The summed E-state index contributed by atoms with van der Waals surface area (Å²) in [4.78, 5) is 40.5. The number of amides is 1. The van der Waals surface area contributed by atoms with E-state index >= 15 is 0 Å². The molecule has 9 nitrogen and oxygen atoms in total. The van der Waals surface area contributed by atoms with Crippen LogP contribution in [-0.2, 0) is 17.9 Å². The van der Waals surface area contributed by atoms with E-state index in [2.05, 4.69) is 10.3 Å². The lowest BCUT2D eigenvalue weighted by atomic mass is 10.2. The average molecular weight is 462 g/mol. The van der Waals surface area contributed by atoms with Crippen LogP contribution in [0.5, 0.6) is 5.75 Å². The third kappa shape index (κ3) is 5.52. The molecule has 168 valence electrons. The first-order chi connectivity index (χ1) is 15.1. The molecule has 0 aliphatic rings. The van der Waals surface area contributed by atoms with Crippen LogP contribution in [-0.4, -0.2) is 26.1 Å². The molecule has 0 spiro atoms. The number of nitrogens with zero attached hydrogens (tertiary/aromatic N) is 3. The Morgan fingerprint density at radius 3 is 2.47 bits per heavy atom. The molecule has 0 saturated carbocycles. The Hall–Kier alpha value is -3.66. The Morgan fingerprint density at radius 2 is 1.88 bits per heavy atom. The van der Waals surface area contributed by atoms with Crippen LogP contribution >= 0.6 is 11.6 Å². The summed E-state index contributed by atoms with van der Waals surface area (Å²) in [6, 6.07) is 10.8. The zero-order valence-corrected chi connectivity index (χ0v) is 18.1. The second kappa shape index (κ2) is 9.65. The summed E-state index contributed by atoms with van der Waals surface area (Å²) in [7, 11) is 0. The van der Waals surface area contributed by atoms with E-state index in [1.807, 2.05) is 0 Å². The summed E-state index contributed by atoms with van der Waals surface area (Å²) in [5.74, 6) is -1.56. The summed E-state index contributed by atoms with van der Waals surface area (Å²) >= 11 is 5.91. The highest BCUT2D eigenvalue weighted by Crippen LogP contribution is 2.24. The van der Waals surface area contributed by atoms with Crippen molar-refractivity contribution < 1.29 is 13.9 Å². The van der Waals surface area contributed by atoms with E-state index in [4.69, 9.17) is 22.1 Å². The fourth-order valence-corrected chi connectivity index (χ4v) is 3.01. The van der Waals surface area contributed by atoms with Gasteiger partial charge in [0.15, 0.2) is 11.6 Å². The van der Waals surface area contributed by atoms with Crippen LogP contribution in [0.1, 0.15) is 19.4 Å². The van der Waals surface area contributed by atoms with Gasteiger partial charge in [-0.25, -0.2) is 18.5 Å². The molecule has 11 heteroatoms. The van der Waals surface area contributed by atoms with Gasteiger partial charge in [0.05, 0.1) is 12.6 Å². The van der Waals surface area contributed by atoms with Gasteiger partial charge in [0, 0.05) is 16.8 Å². The maximum atomic E-state index is 14.4. The van der Waals surface area contributed by atoms with E-state index in [1.54, 1.807) is 38.1 Å². The smallest absolute Gasteiger partial charge is 0.355 e. The molecule has 3 rings (SSSR count). The van der Waals surface area contributed by atoms with E-state index in [1.165, 1.54) is 12.1 Å². The highest BCUT2D eigenvalue weighted by Gasteiger charge is 2.16. The van der Waals surface area contributed by atoms with Crippen molar-refractivity contribution in [2.75, 3.05) is 5.32 Å². The number of carbonyl (C=O) groups is 1. The van der Waals surface area contributed by atoms with Gasteiger partial charge in [0.25, 0.3) is 0 Å². The minimum Gasteiger partial charge on any atom is -0.488 e. The molecule has 0 aliphatic carbocycles. The maximum absolute atomic E-state index is 14.4. The number of hydrogen-bond donors (Lipinski definition) is 2. The number of rotatable bonds is 8. The zero-order valence-electron chi connectivity index (χ0n) is 17.3. The van der Waals surface area contributed by atoms with Gasteiger partial charge in [-0.15, -0.1) is 0 Å². The lowest BCUT2D eigenvalue weighted by Gasteiger charge is -2.16. The molecule has 1 heterocycles. The topological polar surface area (TPSA) is 121 Å². The third-order valence-corrected chi connectivity index (χ3v) is 4.52. The van der Waals surface area contributed by atoms with Gasteiger partial charge in [-0.3, -0.25) is 9.36 Å². The molecule has 2 aromatic carbocycles.